The van der Waals surface area contributed by atoms with Gasteiger partial charge in [-0.25, -0.2) is 0 Å². The molecule has 16 heavy (non-hydrogen) atoms. The van der Waals surface area contributed by atoms with Gasteiger partial charge in [-0.3, -0.25) is 0 Å². The second-order valence-corrected chi connectivity index (χ2v) is 5.71. The Labute approximate surface area is 101 Å². The van der Waals surface area contributed by atoms with Gasteiger partial charge in [0, 0.05) is 32.8 Å². The zero-order chi connectivity index (χ0) is 12.2. The van der Waals surface area contributed by atoms with E-state index in [9.17, 15) is 0 Å². The number of hydrogen-bond donors (Lipinski definition) is 1. The van der Waals surface area contributed by atoms with Gasteiger partial charge >= 0.3 is 0 Å². The molecular formula is C13H28N2O. The predicted molar refractivity (Wildman–Crippen MR) is 68.8 cm³/mol. The molecule has 3 nitrogen and oxygen atoms in total. The van der Waals surface area contributed by atoms with E-state index in [1.165, 1.54) is 32.5 Å². The van der Waals surface area contributed by atoms with Crippen molar-refractivity contribution in [1.82, 2.24) is 10.2 Å². The first kappa shape index (κ1) is 13.9. The quantitative estimate of drug-likeness (QED) is 0.775. The molecule has 0 aliphatic carbocycles. The lowest BCUT2D eigenvalue weighted by Gasteiger charge is -2.39. The monoisotopic (exact) mass is 228 g/mol. The molecule has 1 rings (SSSR count). The van der Waals surface area contributed by atoms with Crippen molar-refractivity contribution in [3.8, 4) is 0 Å². The summed E-state index contributed by atoms with van der Waals surface area (Å²) in [6.45, 7) is 10.5. The fraction of sp³-hybridized carbons (Fsp3) is 1.00. The lowest BCUT2D eigenvalue weighted by molar-refractivity contribution is 0.0264. The molecule has 1 unspecified atom stereocenters. The third-order valence-electron chi connectivity index (χ3n) is 4.10. The number of nitrogens with zero attached hydrogens (tertiary/aromatic N) is 1. The third kappa shape index (κ3) is 3.72. The Kier molecular flexibility index (Phi) is 5.22. The molecule has 0 aromatic heterocycles. The van der Waals surface area contributed by atoms with Gasteiger partial charge in [0.2, 0.25) is 0 Å². The van der Waals surface area contributed by atoms with Gasteiger partial charge in [0.1, 0.15) is 0 Å². The first-order valence-corrected chi connectivity index (χ1v) is 6.42. The van der Waals surface area contributed by atoms with Gasteiger partial charge in [0.25, 0.3) is 0 Å². The summed E-state index contributed by atoms with van der Waals surface area (Å²) in [6, 6.07) is 0.549. The molecule has 3 heteroatoms. The lowest BCUT2D eigenvalue weighted by atomic mass is 9.84. The molecule has 1 atom stereocenters. The van der Waals surface area contributed by atoms with Gasteiger partial charge in [-0.05, 0) is 32.2 Å². The van der Waals surface area contributed by atoms with Crippen molar-refractivity contribution < 1.29 is 4.74 Å². The topological polar surface area (TPSA) is 24.5 Å². The molecule has 1 aliphatic heterocycles. The largest absolute Gasteiger partial charge is 0.381 e. The van der Waals surface area contributed by atoms with E-state index >= 15 is 0 Å². The number of likely N-dealkylation sites (tertiary alicyclic amines) is 1. The number of methoxy groups -OCH3 is 1. The van der Waals surface area contributed by atoms with E-state index in [2.05, 4.69) is 31.0 Å². The standard InChI is InChI=1S/C13H28N2O/c1-11(14-4)13(2,3)10-15-8-6-12(16-5)7-9-15/h11-12,14H,6-10H2,1-5H3. The van der Waals surface area contributed by atoms with Crippen molar-refractivity contribution in [2.24, 2.45) is 5.41 Å². The van der Waals surface area contributed by atoms with Crippen LogP contribution >= 0.6 is 0 Å². The maximum Gasteiger partial charge on any atom is 0.0595 e. The summed E-state index contributed by atoms with van der Waals surface area (Å²) >= 11 is 0. The maximum atomic E-state index is 5.40. The van der Waals surface area contributed by atoms with Crippen molar-refractivity contribution in [2.75, 3.05) is 33.8 Å². The van der Waals surface area contributed by atoms with Crippen molar-refractivity contribution in [1.29, 1.82) is 0 Å². The first-order chi connectivity index (χ1) is 7.49. The Balaban J connectivity index is 2.38. The molecule has 0 aromatic rings. The Morgan fingerprint density at radius 2 is 1.94 bits per heavy atom. The molecule has 0 saturated carbocycles. The number of nitrogens with one attached hydrogen (secondary N) is 1. The van der Waals surface area contributed by atoms with Crippen LogP contribution in [-0.2, 0) is 4.74 Å². The van der Waals surface area contributed by atoms with E-state index in [1.807, 2.05) is 14.2 Å². The number of ether oxygens (including phenoxy) is 1. The van der Waals surface area contributed by atoms with Crippen LogP contribution in [0.2, 0.25) is 0 Å². The Morgan fingerprint density at radius 1 is 1.38 bits per heavy atom. The van der Waals surface area contributed by atoms with Gasteiger partial charge in [-0.2, -0.15) is 0 Å². The highest BCUT2D eigenvalue weighted by Gasteiger charge is 2.29. The second kappa shape index (κ2) is 5.99. The van der Waals surface area contributed by atoms with Gasteiger partial charge in [0.15, 0.2) is 0 Å². The summed E-state index contributed by atoms with van der Waals surface area (Å²) in [5, 5.41) is 3.36. The van der Waals surface area contributed by atoms with Crippen LogP contribution in [0.3, 0.4) is 0 Å². The average Bonchev–Trinajstić information content (AvgIpc) is 2.28. The molecule has 96 valence electrons. The van der Waals surface area contributed by atoms with Crippen LogP contribution in [0, 0.1) is 5.41 Å². The molecule has 0 aromatic carbocycles. The van der Waals surface area contributed by atoms with Crippen LogP contribution in [0.25, 0.3) is 0 Å². The molecule has 0 bridgehead atoms. The van der Waals surface area contributed by atoms with Crippen LogP contribution in [0.15, 0.2) is 0 Å². The Morgan fingerprint density at radius 3 is 2.38 bits per heavy atom. The summed E-state index contributed by atoms with van der Waals surface area (Å²) in [7, 11) is 3.87. The number of hydrogen-bond acceptors (Lipinski definition) is 3. The van der Waals surface area contributed by atoms with Crippen molar-refractivity contribution in [2.45, 2.75) is 45.8 Å². The fourth-order valence-electron chi connectivity index (χ4n) is 2.41. The third-order valence-corrected chi connectivity index (χ3v) is 4.10. The summed E-state index contributed by atoms with van der Waals surface area (Å²) in [5.41, 5.74) is 0.328. The van der Waals surface area contributed by atoms with Gasteiger partial charge in [-0.1, -0.05) is 13.8 Å². The SMILES string of the molecule is CNC(C)C(C)(C)CN1CCC(OC)CC1. The van der Waals surface area contributed by atoms with Crippen LogP contribution in [0.5, 0.6) is 0 Å². The number of rotatable bonds is 5. The highest BCUT2D eigenvalue weighted by atomic mass is 16.5. The van der Waals surface area contributed by atoms with E-state index in [0.29, 0.717) is 17.6 Å². The van der Waals surface area contributed by atoms with Crippen molar-refractivity contribution >= 4 is 0 Å². The minimum atomic E-state index is 0.328. The van der Waals surface area contributed by atoms with Gasteiger partial charge in [0.05, 0.1) is 6.10 Å². The summed E-state index contributed by atoms with van der Waals surface area (Å²) in [6.07, 6.45) is 2.85. The minimum absolute atomic E-state index is 0.328. The Hall–Kier alpha value is -0.120. The molecule has 0 spiro atoms. The van der Waals surface area contributed by atoms with Crippen LogP contribution < -0.4 is 5.32 Å². The lowest BCUT2D eigenvalue weighted by Crippen LogP contribution is -2.48. The predicted octanol–water partition coefficient (Wildman–Crippen LogP) is 1.73. The fourth-order valence-corrected chi connectivity index (χ4v) is 2.41. The first-order valence-electron chi connectivity index (χ1n) is 6.42. The van der Waals surface area contributed by atoms with E-state index in [1.54, 1.807) is 0 Å². The summed E-state index contributed by atoms with van der Waals surface area (Å²) in [5.74, 6) is 0. The normalized spacial score (nSPS) is 22.3. The molecule has 0 radical (unpaired) electrons. The second-order valence-electron chi connectivity index (χ2n) is 5.71. The van der Waals surface area contributed by atoms with E-state index < -0.39 is 0 Å². The maximum absolute atomic E-state index is 5.40. The van der Waals surface area contributed by atoms with Crippen LogP contribution in [-0.4, -0.2) is 50.8 Å². The summed E-state index contributed by atoms with van der Waals surface area (Å²) < 4.78 is 5.40. The molecule has 1 saturated heterocycles. The highest BCUT2D eigenvalue weighted by molar-refractivity contribution is 4.85. The molecule has 0 amide bonds. The highest BCUT2D eigenvalue weighted by Crippen LogP contribution is 2.24. The molecular weight excluding hydrogens is 200 g/mol. The molecule has 1 aliphatic rings. The smallest absolute Gasteiger partial charge is 0.0595 e. The zero-order valence-electron chi connectivity index (χ0n) is 11.5. The van der Waals surface area contributed by atoms with Crippen LogP contribution in [0.1, 0.15) is 33.6 Å². The molecule has 1 fully saturated rings. The average molecular weight is 228 g/mol. The van der Waals surface area contributed by atoms with Crippen molar-refractivity contribution in [3.63, 3.8) is 0 Å². The summed E-state index contributed by atoms with van der Waals surface area (Å²) in [4.78, 5) is 2.57. The minimum Gasteiger partial charge on any atom is -0.381 e. The molecule has 1 N–H and O–H groups in total. The zero-order valence-corrected chi connectivity index (χ0v) is 11.5. The van der Waals surface area contributed by atoms with Gasteiger partial charge < -0.3 is 15.0 Å². The van der Waals surface area contributed by atoms with Gasteiger partial charge in [-0.15, -0.1) is 0 Å². The molecule has 1 heterocycles. The van der Waals surface area contributed by atoms with Crippen LogP contribution in [0.4, 0.5) is 0 Å². The van der Waals surface area contributed by atoms with E-state index in [0.717, 1.165) is 0 Å². The Bertz CT molecular complexity index is 198. The van der Waals surface area contributed by atoms with E-state index in [-0.39, 0.29) is 0 Å². The van der Waals surface area contributed by atoms with Crippen molar-refractivity contribution in [3.05, 3.63) is 0 Å². The number of piperidine rings is 1. The van der Waals surface area contributed by atoms with E-state index in [4.69, 9.17) is 4.74 Å².